The van der Waals surface area contributed by atoms with E-state index in [1.807, 2.05) is 0 Å². The molecule has 0 radical (unpaired) electrons. The molecule has 0 saturated heterocycles. The number of rotatable bonds is 3. The van der Waals surface area contributed by atoms with Crippen LogP contribution in [0.3, 0.4) is 0 Å². The Morgan fingerprint density at radius 2 is 1.68 bits per heavy atom. The Hall–Kier alpha value is -1.06. The van der Waals surface area contributed by atoms with Crippen LogP contribution < -0.4 is 0 Å². The maximum atomic E-state index is 11.0. The molecule has 4 fully saturated rings. The largest absolute Gasteiger partial charge is 0.478 e. The first-order valence-corrected chi connectivity index (χ1v) is 8.61. The van der Waals surface area contributed by atoms with E-state index in [9.17, 15) is 9.90 Å². The molecule has 4 aliphatic carbocycles. The molecule has 5 rings (SSSR count). The van der Waals surface area contributed by atoms with Crippen molar-refractivity contribution in [1.29, 1.82) is 0 Å². The molecule has 0 aliphatic heterocycles. The molecule has 3 nitrogen and oxygen atoms in total. The first-order chi connectivity index (χ1) is 10.5. The average molecular weight is 321 g/mol. The van der Waals surface area contributed by atoms with Gasteiger partial charge in [-0.25, -0.2) is 4.79 Å². The van der Waals surface area contributed by atoms with Gasteiger partial charge in [0.15, 0.2) is 0 Å². The highest BCUT2D eigenvalue weighted by molar-refractivity contribution is 6.31. The van der Waals surface area contributed by atoms with Gasteiger partial charge in [-0.2, -0.15) is 0 Å². The summed E-state index contributed by atoms with van der Waals surface area (Å²) < 4.78 is 0. The molecule has 1 unspecified atom stereocenters. The molecule has 4 bridgehead atoms. The van der Waals surface area contributed by atoms with Crippen LogP contribution in [0.2, 0.25) is 5.02 Å². The van der Waals surface area contributed by atoms with Crippen LogP contribution in [0.15, 0.2) is 18.2 Å². The van der Waals surface area contributed by atoms with Gasteiger partial charge >= 0.3 is 5.97 Å². The first kappa shape index (κ1) is 14.5. The van der Waals surface area contributed by atoms with E-state index in [4.69, 9.17) is 16.7 Å². The third-order valence-electron chi connectivity index (χ3n) is 6.23. The van der Waals surface area contributed by atoms with Gasteiger partial charge in [0.1, 0.15) is 0 Å². The molecule has 22 heavy (non-hydrogen) atoms. The minimum Gasteiger partial charge on any atom is -0.478 e. The van der Waals surface area contributed by atoms with Crippen molar-refractivity contribution in [2.75, 3.05) is 0 Å². The number of halogens is 1. The van der Waals surface area contributed by atoms with Crippen molar-refractivity contribution >= 4 is 17.6 Å². The maximum Gasteiger partial charge on any atom is 0.335 e. The van der Waals surface area contributed by atoms with Crippen molar-refractivity contribution < 1.29 is 15.0 Å². The van der Waals surface area contributed by atoms with Crippen LogP contribution in [0.1, 0.15) is 54.1 Å². The van der Waals surface area contributed by atoms with Crippen LogP contribution in [0.25, 0.3) is 0 Å². The Morgan fingerprint density at radius 1 is 1.09 bits per heavy atom. The van der Waals surface area contributed by atoms with Crippen molar-refractivity contribution in [3.05, 3.63) is 34.3 Å². The standard InChI is InChI=1S/C18H21ClO3/c19-15-8-11(18(21)22)1-2-14(15)17(20)16-12-4-9-3-10(6-12)7-13(16)5-9/h1-2,8-10,12-13,16-17,20H,3-7H2,(H,21,22). The number of hydrogen-bond donors (Lipinski definition) is 2. The number of carboxylic acid groups (broad SMARTS) is 1. The average Bonchev–Trinajstić information content (AvgIpc) is 2.45. The van der Waals surface area contributed by atoms with Gasteiger partial charge in [-0.1, -0.05) is 17.7 Å². The second-order valence-corrected chi connectivity index (χ2v) is 7.90. The lowest BCUT2D eigenvalue weighted by Gasteiger charge is -2.55. The molecule has 4 saturated carbocycles. The lowest BCUT2D eigenvalue weighted by Crippen LogP contribution is -2.47. The van der Waals surface area contributed by atoms with Crippen LogP contribution >= 0.6 is 11.6 Å². The minimum atomic E-state index is -0.988. The zero-order valence-electron chi connectivity index (χ0n) is 12.4. The van der Waals surface area contributed by atoms with Crippen LogP contribution in [0.4, 0.5) is 0 Å². The summed E-state index contributed by atoms with van der Waals surface area (Å²) >= 11 is 6.26. The molecule has 0 amide bonds. The number of benzene rings is 1. The third kappa shape index (κ3) is 2.26. The van der Waals surface area contributed by atoms with Crippen LogP contribution in [-0.4, -0.2) is 16.2 Å². The Kier molecular flexibility index (Phi) is 3.46. The van der Waals surface area contributed by atoms with Crippen molar-refractivity contribution in [3.63, 3.8) is 0 Å². The summed E-state index contributed by atoms with van der Waals surface area (Å²) in [6.07, 6.45) is 5.83. The van der Waals surface area contributed by atoms with E-state index in [-0.39, 0.29) is 5.56 Å². The van der Waals surface area contributed by atoms with Gasteiger partial charge < -0.3 is 10.2 Å². The first-order valence-electron chi connectivity index (χ1n) is 8.23. The Labute approximate surface area is 135 Å². The van der Waals surface area contributed by atoms with Gasteiger partial charge in [0.05, 0.1) is 11.7 Å². The lowest BCUT2D eigenvalue weighted by molar-refractivity contribution is -0.0907. The summed E-state index contributed by atoms with van der Waals surface area (Å²) in [5.74, 6) is 2.27. The summed E-state index contributed by atoms with van der Waals surface area (Å²) in [6, 6.07) is 4.70. The minimum absolute atomic E-state index is 0.172. The number of carbonyl (C=O) groups is 1. The zero-order chi connectivity index (χ0) is 15.4. The van der Waals surface area contributed by atoms with E-state index >= 15 is 0 Å². The fourth-order valence-electron chi connectivity index (χ4n) is 5.59. The molecule has 4 aliphatic rings. The normalized spacial score (nSPS) is 37.3. The number of hydrogen-bond acceptors (Lipinski definition) is 2. The van der Waals surface area contributed by atoms with Gasteiger partial charge in [0.25, 0.3) is 0 Å². The summed E-state index contributed by atoms with van der Waals surface area (Å²) in [5.41, 5.74) is 0.871. The van der Waals surface area contributed by atoms with Gasteiger partial charge in [-0.3, -0.25) is 0 Å². The second-order valence-electron chi connectivity index (χ2n) is 7.49. The highest BCUT2D eigenvalue weighted by Crippen LogP contribution is 2.59. The Balaban J connectivity index is 1.62. The topological polar surface area (TPSA) is 57.5 Å². The second kappa shape index (κ2) is 5.24. The van der Waals surface area contributed by atoms with Crippen molar-refractivity contribution in [2.24, 2.45) is 29.6 Å². The lowest BCUT2D eigenvalue weighted by atomic mass is 9.50. The molecule has 4 heteroatoms. The molecule has 0 aromatic heterocycles. The summed E-state index contributed by atoms with van der Waals surface area (Å²) in [7, 11) is 0. The summed E-state index contributed by atoms with van der Waals surface area (Å²) in [4.78, 5) is 11.0. The van der Waals surface area contributed by atoms with Crippen LogP contribution in [0.5, 0.6) is 0 Å². The third-order valence-corrected chi connectivity index (χ3v) is 6.56. The Bertz CT molecular complexity index is 584. The van der Waals surface area contributed by atoms with E-state index in [1.165, 1.54) is 38.2 Å². The fraction of sp³-hybridized carbons (Fsp3) is 0.611. The summed E-state index contributed by atoms with van der Waals surface area (Å²) in [5, 5.41) is 20.3. The van der Waals surface area contributed by atoms with Crippen LogP contribution in [0, 0.1) is 29.6 Å². The van der Waals surface area contributed by atoms with Gasteiger partial charge in [-0.15, -0.1) is 0 Å². The number of aliphatic hydroxyl groups excluding tert-OH is 1. The molecule has 118 valence electrons. The van der Waals surface area contributed by atoms with Crippen molar-refractivity contribution in [3.8, 4) is 0 Å². The number of carboxylic acids is 1. The predicted octanol–water partition coefficient (Wildman–Crippen LogP) is 4.14. The zero-order valence-corrected chi connectivity index (χ0v) is 13.2. The van der Waals surface area contributed by atoms with E-state index in [0.29, 0.717) is 28.3 Å². The molecule has 2 N–H and O–H groups in total. The number of aliphatic hydroxyl groups is 1. The molecule has 1 aromatic rings. The van der Waals surface area contributed by atoms with Crippen molar-refractivity contribution in [2.45, 2.75) is 38.2 Å². The predicted molar refractivity (Wildman–Crippen MR) is 83.9 cm³/mol. The summed E-state index contributed by atoms with van der Waals surface area (Å²) in [6.45, 7) is 0. The van der Waals surface area contributed by atoms with Gasteiger partial charge in [0, 0.05) is 5.02 Å². The van der Waals surface area contributed by atoms with E-state index in [0.717, 1.165) is 11.8 Å². The monoisotopic (exact) mass is 320 g/mol. The van der Waals surface area contributed by atoms with E-state index in [1.54, 1.807) is 12.1 Å². The van der Waals surface area contributed by atoms with Gasteiger partial charge in [0.2, 0.25) is 0 Å². The maximum absolute atomic E-state index is 11.0. The number of aromatic carboxylic acids is 1. The van der Waals surface area contributed by atoms with Gasteiger partial charge in [-0.05, 0) is 79.4 Å². The fourth-order valence-corrected chi connectivity index (χ4v) is 5.88. The van der Waals surface area contributed by atoms with E-state index < -0.39 is 12.1 Å². The Morgan fingerprint density at radius 3 is 2.18 bits per heavy atom. The molecular formula is C18H21ClO3. The molecular weight excluding hydrogens is 300 g/mol. The van der Waals surface area contributed by atoms with Crippen molar-refractivity contribution in [1.82, 2.24) is 0 Å². The molecule has 0 heterocycles. The SMILES string of the molecule is O=C(O)c1ccc(C(O)C2C3CC4CC(C3)CC2C4)c(Cl)c1. The molecule has 1 atom stereocenters. The van der Waals surface area contributed by atoms with E-state index in [2.05, 4.69) is 0 Å². The molecule has 0 spiro atoms. The quantitative estimate of drug-likeness (QED) is 0.879. The van der Waals surface area contributed by atoms with Crippen LogP contribution in [-0.2, 0) is 0 Å². The highest BCUT2D eigenvalue weighted by Gasteiger charge is 2.50. The molecule has 1 aromatic carbocycles. The highest BCUT2D eigenvalue weighted by atomic mass is 35.5. The smallest absolute Gasteiger partial charge is 0.335 e.